The summed E-state index contributed by atoms with van der Waals surface area (Å²) in [6.45, 7) is 2.04. The number of morpholine rings is 1. The van der Waals surface area contributed by atoms with Gasteiger partial charge in [0.2, 0.25) is 11.8 Å². The summed E-state index contributed by atoms with van der Waals surface area (Å²) in [5.74, 6) is 3.42. The van der Waals surface area contributed by atoms with Crippen molar-refractivity contribution < 1.29 is 43.3 Å². The van der Waals surface area contributed by atoms with Crippen molar-refractivity contribution in [3.05, 3.63) is 190 Å². The van der Waals surface area contributed by atoms with Crippen molar-refractivity contribution in [3.63, 3.8) is 0 Å². The number of rotatable bonds is 9. The fourth-order valence-electron chi connectivity index (χ4n) is 11.2. The van der Waals surface area contributed by atoms with Gasteiger partial charge in [0.1, 0.15) is 23.3 Å². The highest BCUT2D eigenvalue weighted by atomic mass is 16.6. The van der Waals surface area contributed by atoms with Crippen molar-refractivity contribution in [1.29, 1.82) is 0 Å². The zero-order chi connectivity index (χ0) is 50.3. The number of benzene rings is 6. The van der Waals surface area contributed by atoms with E-state index in [0.717, 1.165) is 27.2 Å². The molecule has 4 heterocycles. The molecule has 7 unspecified atom stereocenters. The van der Waals surface area contributed by atoms with Gasteiger partial charge in [0.05, 0.1) is 50.5 Å². The number of aromatic hydroxyl groups is 1. The van der Waals surface area contributed by atoms with E-state index in [9.17, 15) is 9.90 Å². The number of carbonyl (C=O) groups is 5. The van der Waals surface area contributed by atoms with E-state index in [1.165, 1.54) is 19.2 Å². The molecule has 0 aliphatic carbocycles. The monoisotopic (exact) mass is 964 g/mol. The number of phenols is 1. The molecular formula is C57H52N6O9. The number of ether oxygens (including phenoxy) is 3. The number of imide groups is 1. The number of anilines is 1. The predicted octanol–water partition coefficient (Wildman–Crippen LogP) is 7.15. The first-order chi connectivity index (χ1) is 34.9. The number of urea groups is 2. The number of nitrogens with two attached hydrogens (primary N) is 1. The molecule has 15 heteroatoms. The third kappa shape index (κ3) is 8.09. The summed E-state index contributed by atoms with van der Waals surface area (Å²) in [5.41, 5.74) is 8.57. The number of primary amides is 1. The van der Waals surface area contributed by atoms with E-state index in [0.29, 0.717) is 34.6 Å². The van der Waals surface area contributed by atoms with Crippen LogP contribution in [0.5, 0.6) is 17.2 Å². The van der Waals surface area contributed by atoms with Crippen LogP contribution in [-0.4, -0.2) is 78.1 Å². The van der Waals surface area contributed by atoms with Gasteiger partial charge in [-0.3, -0.25) is 19.3 Å². The maximum absolute atomic E-state index is 16.8. The van der Waals surface area contributed by atoms with Crippen LogP contribution in [0.25, 0.3) is 0 Å². The molecule has 7 atom stereocenters. The molecule has 2 saturated heterocycles. The van der Waals surface area contributed by atoms with Crippen LogP contribution >= 0.6 is 0 Å². The zero-order valence-corrected chi connectivity index (χ0v) is 39.8. The Morgan fingerprint density at radius 1 is 0.806 bits per heavy atom. The van der Waals surface area contributed by atoms with Gasteiger partial charge in [-0.05, 0) is 94.8 Å². The first kappa shape index (κ1) is 47.1. The van der Waals surface area contributed by atoms with Crippen LogP contribution in [0.2, 0.25) is 0 Å². The van der Waals surface area contributed by atoms with Crippen molar-refractivity contribution in [2.45, 2.75) is 55.6 Å². The Bertz CT molecular complexity index is 3140. The van der Waals surface area contributed by atoms with Gasteiger partial charge >= 0.3 is 18.0 Å². The molecule has 0 bridgehead atoms. The molecule has 6 aromatic rings. The summed E-state index contributed by atoms with van der Waals surface area (Å²) >= 11 is 0. The van der Waals surface area contributed by atoms with E-state index in [4.69, 9.17) is 19.9 Å². The van der Waals surface area contributed by atoms with Crippen molar-refractivity contribution in [2.75, 3.05) is 32.2 Å². The number of hydrogen-bond donors (Lipinski definition) is 4. The summed E-state index contributed by atoms with van der Waals surface area (Å²) in [5, 5.41) is 16.4. The third-order valence-corrected chi connectivity index (χ3v) is 14.4. The van der Waals surface area contributed by atoms with Gasteiger partial charge in [0.15, 0.2) is 11.5 Å². The number of nitrogens with one attached hydrogen (secondary N) is 2. The Morgan fingerprint density at radius 2 is 1.44 bits per heavy atom. The second kappa shape index (κ2) is 19.3. The van der Waals surface area contributed by atoms with Crippen LogP contribution in [0, 0.1) is 17.8 Å². The van der Waals surface area contributed by atoms with E-state index >= 15 is 19.2 Å². The molecule has 0 aromatic heterocycles. The Morgan fingerprint density at radius 3 is 2.10 bits per heavy atom. The fraction of sp³-hybridized carbons (Fsp3) is 0.246. The first-order valence-corrected chi connectivity index (χ1v) is 23.7. The van der Waals surface area contributed by atoms with Gasteiger partial charge in [0, 0.05) is 18.7 Å². The molecular weight excluding hydrogens is 913 g/mol. The number of methoxy groups -OCH3 is 2. The molecule has 1 spiro atoms. The number of cyclic esters (lactones) is 1. The average molecular weight is 965 g/mol. The van der Waals surface area contributed by atoms with E-state index in [1.54, 1.807) is 42.3 Å². The molecule has 4 aliphatic heterocycles. The van der Waals surface area contributed by atoms with Crippen LogP contribution in [0.4, 0.5) is 15.3 Å². The number of nitrogens with zero attached hydrogens (tertiary/aromatic N) is 3. The van der Waals surface area contributed by atoms with Crippen molar-refractivity contribution in [3.8, 4) is 29.1 Å². The van der Waals surface area contributed by atoms with E-state index < -0.39 is 71.5 Å². The van der Waals surface area contributed by atoms with Gasteiger partial charge in [-0.15, -0.1) is 0 Å². The molecule has 4 aliphatic rings. The lowest BCUT2D eigenvalue weighted by molar-refractivity contribution is -0.179. The minimum absolute atomic E-state index is 0.0509. The first-order valence-electron chi connectivity index (χ1n) is 23.7. The minimum Gasteiger partial charge on any atom is -0.508 e. The molecule has 0 radical (unpaired) electrons. The van der Waals surface area contributed by atoms with Crippen LogP contribution in [0.1, 0.15) is 75.7 Å². The van der Waals surface area contributed by atoms with Crippen LogP contribution in [0.15, 0.2) is 146 Å². The standard InChI is InChI=1S/C57H52N6O9/c1-34(36-15-7-4-8-16-36)60-56(69)62-44-26-21-35(14-13-28-59-55(58)68)30-43(44)57(54(62)67)47(52(65)61-29-27-40-31-45(70-2)46(71-3)32-41(40)33-61)49-53(66)72-50(38-19-11-6-12-20-38)48(37-17-9-5-10-18-37)63(49)51(57)39-22-24-42(64)25-23-39/h4-12,15-26,30-32,34,47-51,64H,27-29,33H2,1-3H3,(H,60,69)(H3,58,59,68). The number of hydrogen-bond acceptors (Lipinski definition) is 10. The quantitative estimate of drug-likeness (QED) is 0.0855. The molecule has 6 aromatic carbocycles. The maximum Gasteiger partial charge on any atom is 0.329 e. The van der Waals surface area contributed by atoms with Gasteiger partial charge in [0.25, 0.3) is 0 Å². The normalized spacial score (nSPS) is 22.3. The third-order valence-electron chi connectivity index (χ3n) is 14.4. The van der Waals surface area contributed by atoms with Crippen molar-refractivity contribution >= 4 is 35.5 Å². The number of phenolic OH excluding ortho intramolecular Hbond substituents is 1. The predicted molar refractivity (Wildman–Crippen MR) is 267 cm³/mol. The lowest BCUT2D eigenvalue weighted by Gasteiger charge is -2.46. The molecule has 15 nitrogen and oxygen atoms in total. The largest absolute Gasteiger partial charge is 0.508 e. The second-order valence-corrected chi connectivity index (χ2v) is 18.3. The van der Waals surface area contributed by atoms with E-state index in [2.05, 4.69) is 22.5 Å². The number of fused-ring (bicyclic) bond motifs is 4. The minimum atomic E-state index is -2.07. The number of esters is 1. The van der Waals surface area contributed by atoms with Gasteiger partial charge < -0.3 is 40.6 Å². The maximum atomic E-state index is 16.8. The smallest absolute Gasteiger partial charge is 0.329 e. The Labute approximate surface area is 416 Å². The van der Waals surface area contributed by atoms with Crippen molar-refractivity contribution in [2.24, 2.45) is 11.7 Å². The highest BCUT2D eigenvalue weighted by Crippen LogP contribution is 2.66. The summed E-state index contributed by atoms with van der Waals surface area (Å²) in [6, 6.07) is 37.8. The molecule has 364 valence electrons. The SMILES string of the molecule is COc1cc2c(cc1OC)CN(C(=O)C1C3C(=O)OC(c4ccccc4)C(c4ccccc4)N3C(c3ccc(O)cc3)C13C(=O)N(C(=O)NC(C)c1ccccc1)c1ccc(C#CCNC(N)=O)cc13)CC2. The molecule has 2 fully saturated rings. The summed E-state index contributed by atoms with van der Waals surface area (Å²) in [7, 11) is 3.10. The van der Waals surface area contributed by atoms with Crippen LogP contribution in [0.3, 0.4) is 0 Å². The highest BCUT2D eigenvalue weighted by molar-refractivity contribution is 6.24. The Balaban J connectivity index is 1.25. The molecule has 0 saturated carbocycles. The van der Waals surface area contributed by atoms with Gasteiger partial charge in [-0.2, -0.15) is 0 Å². The Hall–Kier alpha value is -8.61. The van der Waals surface area contributed by atoms with Crippen LogP contribution in [-0.2, 0) is 37.5 Å². The lowest BCUT2D eigenvalue weighted by Crippen LogP contribution is -2.57. The van der Waals surface area contributed by atoms with E-state index in [-0.39, 0.29) is 36.6 Å². The molecule has 10 rings (SSSR count). The van der Waals surface area contributed by atoms with E-state index in [1.807, 2.05) is 115 Å². The Kier molecular flexibility index (Phi) is 12.6. The average Bonchev–Trinajstić information content (AvgIpc) is 3.86. The number of amides is 6. The van der Waals surface area contributed by atoms with Crippen LogP contribution < -0.4 is 30.7 Å². The molecule has 6 amide bonds. The zero-order valence-electron chi connectivity index (χ0n) is 39.8. The molecule has 72 heavy (non-hydrogen) atoms. The number of carbonyl (C=O) groups excluding carboxylic acids is 5. The topological polar surface area (TPSA) is 193 Å². The summed E-state index contributed by atoms with van der Waals surface area (Å²) in [4.78, 5) is 80.4. The summed E-state index contributed by atoms with van der Waals surface area (Å²) < 4.78 is 18.0. The fourth-order valence-corrected chi connectivity index (χ4v) is 11.2. The highest BCUT2D eigenvalue weighted by Gasteiger charge is 2.76. The summed E-state index contributed by atoms with van der Waals surface area (Å²) in [6.07, 6.45) is -0.524. The second-order valence-electron chi connectivity index (χ2n) is 18.3. The van der Waals surface area contributed by atoms with Crippen molar-refractivity contribution in [1.82, 2.24) is 20.4 Å². The van der Waals surface area contributed by atoms with Gasteiger partial charge in [-0.25, -0.2) is 14.5 Å². The molecule has 5 N–H and O–H groups in total. The lowest BCUT2D eigenvalue weighted by atomic mass is 9.64. The van der Waals surface area contributed by atoms with Gasteiger partial charge in [-0.1, -0.05) is 115 Å².